The van der Waals surface area contributed by atoms with Crippen molar-refractivity contribution in [1.82, 2.24) is 9.80 Å². The fraction of sp³-hybridized carbons (Fsp3) is 0.389. The molecule has 3 aromatic rings. The average Bonchev–Trinajstić information content (AvgIpc) is 3.34. The van der Waals surface area contributed by atoms with Crippen LogP contribution in [0.5, 0.6) is 5.75 Å². The standard InChI is InChI=1S/C36H36N2O4/c1-25(39)42-36-20-18-29(37(2)32(40)17-16-26-10-5-3-6-11-26)34-35(36)21-23-38(22-19-27-12-7-4-8-13-27)31(36)24-28-14-9-15-30(41-34)33(28)35/h3-15,29,31,34H,18-24H2,1-2H3/t29-,31-,34+,35+,36-/m1/s1. The molecule has 5 atom stereocenters. The molecule has 214 valence electrons. The molecule has 1 saturated carbocycles. The van der Waals surface area contributed by atoms with Crippen molar-refractivity contribution in [3.63, 3.8) is 0 Å². The van der Waals surface area contributed by atoms with Gasteiger partial charge >= 0.3 is 5.97 Å². The second kappa shape index (κ2) is 10.3. The Bertz CT molecular complexity index is 1580. The molecular weight excluding hydrogens is 524 g/mol. The summed E-state index contributed by atoms with van der Waals surface area (Å²) in [6.45, 7) is 3.31. The monoisotopic (exact) mass is 560 g/mol. The number of likely N-dealkylation sites (N-methyl/N-ethyl adjacent to an activating group) is 1. The van der Waals surface area contributed by atoms with E-state index in [1.54, 1.807) is 4.90 Å². The predicted octanol–water partition coefficient (Wildman–Crippen LogP) is 4.53. The number of carbonyl (C=O) groups is 2. The van der Waals surface area contributed by atoms with Gasteiger partial charge in [0, 0.05) is 37.6 Å². The highest BCUT2D eigenvalue weighted by molar-refractivity contribution is 5.94. The van der Waals surface area contributed by atoms with Crippen LogP contribution < -0.4 is 4.74 Å². The first-order valence-electron chi connectivity index (χ1n) is 15.0. The summed E-state index contributed by atoms with van der Waals surface area (Å²) >= 11 is 0. The van der Waals surface area contributed by atoms with Gasteiger partial charge in [-0.15, -0.1) is 0 Å². The minimum absolute atomic E-state index is 0.0330. The number of benzene rings is 3. The van der Waals surface area contributed by atoms with Gasteiger partial charge in [-0.05, 0) is 68.0 Å². The van der Waals surface area contributed by atoms with Crippen LogP contribution >= 0.6 is 0 Å². The summed E-state index contributed by atoms with van der Waals surface area (Å²) in [5.41, 5.74) is 3.32. The Balaban J connectivity index is 1.26. The van der Waals surface area contributed by atoms with Crippen molar-refractivity contribution in [3.05, 3.63) is 101 Å². The molecular formula is C36H36N2O4. The van der Waals surface area contributed by atoms with E-state index in [2.05, 4.69) is 53.1 Å². The third-order valence-electron chi connectivity index (χ3n) is 10.2. The van der Waals surface area contributed by atoms with E-state index in [4.69, 9.17) is 9.47 Å². The molecule has 2 heterocycles. The molecule has 0 N–H and O–H groups in total. The Kier molecular flexibility index (Phi) is 6.59. The third kappa shape index (κ3) is 4.06. The SMILES string of the molecule is CC(=O)O[C@@]12CC[C@@H](N(C)C(=O)C#Cc3ccccc3)[C@@H]3Oc4cccc5c4[C@@]31CCN(CCc1ccccc1)[C@@H]2C5. The van der Waals surface area contributed by atoms with Crippen molar-refractivity contribution in [2.24, 2.45) is 0 Å². The zero-order valence-corrected chi connectivity index (χ0v) is 24.2. The molecule has 2 aliphatic carbocycles. The summed E-state index contributed by atoms with van der Waals surface area (Å²) in [6.07, 6.45) is 3.56. The van der Waals surface area contributed by atoms with Gasteiger partial charge < -0.3 is 14.4 Å². The molecule has 0 unspecified atom stereocenters. The number of ether oxygens (including phenoxy) is 2. The maximum atomic E-state index is 13.4. The first kappa shape index (κ1) is 26.8. The van der Waals surface area contributed by atoms with Crippen molar-refractivity contribution in [2.75, 3.05) is 20.1 Å². The first-order chi connectivity index (χ1) is 20.4. The van der Waals surface area contributed by atoms with E-state index in [0.29, 0.717) is 12.8 Å². The van der Waals surface area contributed by atoms with Crippen molar-refractivity contribution in [1.29, 1.82) is 0 Å². The smallest absolute Gasteiger partial charge is 0.303 e. The number of rotatable bonds is 5. The minimum Gasteiger partial charge on any atom is -0.487 e. The number of piperidine rings is 1. The molecule has 7 rings (SSSR count). The zero-order chi connectivity index (χ0) is 28.9. The Morgan fingerprint density at radius 2 is 1.79 bits per heavy atom. The van der Waals surface area contributed by atoms with Crippen LogP contribution in [0.1, 0.15) is 48.4 Å². The highest BCUT2D eigenvalue weighted by atomic mass is 16.6. The summed E-state index contributed by atoms with van der Waals surface area (Å²) < 4.78 is 13.4. The fourth-order valence-electron chi connectivity index (χ4n) is 8.48. The predicted molar refractivity (Wildman–Crippen MR) is 160 cm³/mol. The highest BCUT2D eigenvalue weighted by Crippen LogP contribution is 2.65. The largest absolute Gasteiger partial charge is 0.487 e. The molecule has 2 aliphatic heterocycles. The number of likely N-dealkylation sites (tertiary alicyclic amines) is 1. The average molecular weight is 561 g/mol. The van der Waals surface area contributed by atoms with Gasteiger partial charge in [-0.1, -0.05) is 66.6 Å². The van der Waals surface area contributed by atoms with Crippen molar-refractivity contribution >= 4 is 11.9 Å². The number of hydrogen-bond acceptors (Lipinski definition) is 5. The van der Waals surface area contributed by atoms with Gasteiger partial charge in [-0.3, -0.25) is 14.5 Å². The maximum absolute atomic E-state index is 13.4. The molecule has 42 heavy (non-hydrogen) atoms. The Hall–Kier alpha value is -4.08. The molecule has 2 bridgehead atoms. The quantitative estimate of drug-likeness (QED) is 0.339. The topological polar surface area (TPSA) is 59.1 Å². The van der Waals surface area contributed by atoms with Crippen molar-refractivity contribution < 1.29 is 19.1 Å². The molecule has 6 nitrogen and oxygen atoms in total. The van der Waals surface area contributed by atoms with Gasteiger partial charge in [0.05, 0.1) is 17.5 Å². The van der Waals surface area contributed by atoms with E-state index in [0.717, 1.165) is 43.7 Å². The summed E-state index contributed by atoms with van der Waals surface area (Å²) in [5.74, 6) is 6.26. The van der Waals surface area contributed by atoms with E-state index < -0.39 is 11.0 Å². The molecule has 4 aliphatic rings. The molecule has 2 fully saturated rings. The lowest BCUT2D eigenvalue weighted by Crippen LogP contribution is -2.79. The number of nitrogens with zero attached hydrogens (tertiary/aromatic N) is 2. The van der Waals surface area contributed by atoms with E-state index >= 15 is 0 Å². The van der Waals surface area contributed by atoms with Crippen molar-refractivity contribution in [2.45, 2.75) is 68.2 Å². The van der Waals surface area contributed by atoms with Crippen LogP contribution in [0.4, 0.5) is 0 Å². The van der Waals surface area contributed by atoms with Crippen molar-refractivity contribution in [3.8, 4) is 17.6 Å². The number of carbonyl (C=O) groups excluding carboxylic acids is 2. The molecule has 1 spiro atoms. The highest BCUT2D eigenvalue weighted by Gasteiger charge is 2.75. The third-order valence-corrected chi connectivity index (χ3v) is 10.2. The number of amides is 1. The lowest BCUT2D eigenvalue weighted by Gasteiger charge is -2.65. The Labute approximate surface area is 247 Å². The van der Waals surface area contributed by atoms with Gasteiger partial charge in [0.2, 0.25) is 0 Å². The summed E-state index contributed by atoms with van der Waals surface area (Å²) in [5, 5.41) is 0. The van der Waals surface area contributed by atoms with Gasteiger partial charge in [0.15, 0.2) is 0 Å². The normalized spacial score (nSPS) is 28.5. The summed E-state index contributed by atoms with van der Waals surface area (Å²) in [6, 6.07) is 26.3. The molecule has 0 radical (unpaired) electrons. The van der Waals surface area contributed by atoms with Crippen LogP contribution in [0.2, 0.25) is 0 Å². The second-order valence-electron chi connectivity index (χ2n) is 12.2. The zero-order valence-electron chi connectivity index (χ0n) is 24.2. The van der Waals surface area contributed by atoms with Gasteiger partial charge in [0.25, 0.3) is 5.91 Å². The molecule has 0 aromatic heterocycles. The molecule has 1 amide bonds. The first-order valence-corrected chi connectivity index (χ1v) is 15.0. The summed E-state index contributed by atoms with van der Waals surface area (Å²) in [7, 11) is 1.84. The lowest BCUT2D eigenvalue weighted by atomic mass is 9.48. The van der Waals surface area contributed by atoms with Crippen LogP contribution in [0.15, 0.2) is 78.9 Å². The Morgan fingerprint density at radius 3 is 2.55 bits per heavy atom. The molecule has 6 heteroatoms. The van der Waals surface area contributed by atoms with E-state index in [-0.39, 0.29) is 30.1 Å². The number of hydrogen-bond donors (Lipinski definition) is 0. The van der Waals surface area contributed by atoms with Crippen LogP contribution in [0, 0.1) is 11.8 Å². The Morgan fingerprint density at radius 1 is 1.02 bits per heavy atom. The lowest BCUT2D eigenvalue weighted by molar-refractivity contribution is -0.223. The molecule has 3 aromatic carbocycles. The van der Waals surface area contributed by atoms with Gasteiger partial charge in [-0.25, -0.2) is 0 Å². The van der Waals surface area contributed by atoms with E-state index in [9.17, 15) is 9.59 Å². The van der Waals surface area contributed by atoms with Crippen LogP contribution in [0.3, 0.4) is 0 Å². The van der Waals surface area contributed by atoms with Crippen LogP contribution in [-0.4, -0.2) is 65.6 Å². The molecule has 1 saturated heterocycles. The van der Waals surface area contributed by atoms with Crippen LogP contribution in [0.25, 0.3) is 0 Å². The second-order valence-corrected chi connectivity index (χ2v) is 12.2. The van der Waals surface area contributed by atoms with Gasteiger partial charge in [0.1, 0.15) is 17.5 Å². The van der Waals surface area contributed by atoms with Crippen LogP contribution in [-0.2, 0) is 32.6 Å². The summed E-state index contributed by atoms with van der Waals surface area (Å²) in [4.78, 5) is 30.6. The van der Waals surface area contributed by atoms with E-state index in [1.807, 2.05) is 49.5 Å². The van der Waals surface area contributed by atoms with E-state index in [1.165, 1.54) is 23.6 Å². The fourth-order valence-corrected chi connectivity index (χ4v) is 8.48. The minimum atomic E-state index is -0.728. The van der Waals surface area contributed by atoms with Gasteiger partial charge in [-0.2, -0.15) is 0 Å². The maximum Gasteiger partial charge on any atom is 0.303 e. The number of esters is 1.